The molecular formula is C12H12N2O2S. The van der Waals surface area contributed by atoms with Crippen LogP contribution in [0.4, 0.5) is 0 Å². The number of carbonyl (C=O) groups is 1. The number of carbonyl (C=O) groups excluding carboxylic acids is 1. The summed E-state index contributed by atoms with van der Waals surface area (Å²) in [6, 6.07) is 7.10. The Labute approximate surface area is 103 Å². The summed E-state index contributed by atoms with van der Waals surface area (Å²) in [5, 5.41) is 2.47. The molecule has 0 radical (unpaired) electrons. The second-order valence-corrected chi connectivity index (χ2v) is 4.30. The lowest BCUT2D eigenvalue weighted by Crippen LogP contribution is -2.05. The zero-order valence-corrected chi connectivity index (χ0v) is 10.2. The third-order valence-electron chi connectivity index (χ3n) is 2.31. The van der Waals surface area contributed by atoms with E-state index < -0.39 is 0 Å². The van der Waals surface area contributed by atoms with Crippen molar-refractivity contribution in [3.8, 4) is 5.75 Å². The number of ether oxygens (including phenoxy) is 1. The van der Waals surface area contributed by atoms with E-state index in [0.29, 0.717) is 23.6 Å². The van der Waals surface area contributed by atoms with E-state index in [1.807, 2.05) is 6.07 Å². The molecule has 2 aromatic rings. The van der Waals surface area contributed by atoms with Gasteiger partial charge in [0.15, 0.2) is 0 Å². The molecule has 1 heterocycles. The van der Waals surface area contributed by atoms with Crippen molar-refractivity contribution >= 4 is 17.1 Å². The van der Waals surface area contributed by atoms with Crippen LogP contribution in [0.25, 0.3) is 0 Å². The lowest BCUT2D eigenvalue weighted by Gasteiger charge is -2.05. The fourth-order valence-corrected chi connectivity index (χ4v) is 2.13. The molecular weight excluding hydrogens is 236 g/mol. The third-order valence-corrected chi connectivity index (χ3v) is 3.18. The van der Waals surface area contributed by atoms with Crippen LogP contribution in [-0.2, 0) is 6.54 Å². The van der Waals surface area contributed by atoms with Crippen molar-refractivity contribution in [2.24, 2.45) is 5.73 Å². The van der Waals surface area contributed by atoms with Gasteiger partial charge in [-0.25, -0.2) is 4.98 Å². The highest BCUT2D eigenvalue weighted by Crippen LogP contribution is 2.21. The lowest BCUT2D eigenvalue weighted by molar-refractivity contribution is 0.103. The van der Waals surface area contributed by atoms with Gasteiger partial charge in [0.1, 0.15) is 16.5 Å². The topological polar surface area (TPSA) is 65.2 Å². The maximum absolute atomic E-state index is 12.2. The van der Waals surface area contributed by atoms with E-state index in [4.69, 9.17) is 10.5 Å². The Balaban J connectivity index is 2.36. The SMILES string of the molecule is COc1ccccc1C(=O)c1csc(CN)n1. The Bertz CT molecular complexity index is 537. The predicted molar refractivity (Wildman–Crippen MR) is 66.4 cm³/mol. The van der Waals surface area contributed by atoms with Crippen molar-refractivity contribution in [2.75, 3.05) is 7.11 Å². The molecule has 0 saturated carbocycles. The minimum absolute atomic E-state index is 0.140. The second-order valence-electron chi connectivity index (χ2n) is 3.36. The Morgan fingerprint density at radius 2 is 2.24 bits per heavy atom. The van der Waals surface area contributed by atoms with E-state index in [-0.39, 0.29) is 5.78 Å². The van der Waals surface area contributed by atoms with E-state index in [0.717, 1.165) is 5.01 Å². The summed E-state index contributed by atoms with van der Waals surface area (Å²) < 4.78 is 5.15. The number of nitrogens with zero attached hydrogens (tertiary/aromatic N) is 1. The fraction of sp³-hybridized carbons (Fsp3) is 0.167. The van der Waals surface area contributed by atoms with Gasteiger partial charge in [0, 0.05) is 11.9 Å². The molecule has 0 saturated heterocycles. The van der Waals surface area contributed by atoms with Crippen LogP contribution in [0.2, 0.25) is 0 Å². The summed E-state index contributed by atoms with van der Waals surface area (Å²) in [5.74, 6) is 0.415. The molecule has 1 aromatic heterocycles. The van der Waals surface area contributed by atoms with Crippen LogP contribution in [0.3, 0.4) is 0 Å². The van der Waals surface area contributed by atoms with Gasteiger partial charge in [-0.15, -0.1) is 11.3 Å². The molecule has 0 aliphatic rings. The van der Waals surface area contributed by atoms with Gasteiger partial charge in [-0.2, -0.15) is 0 Å². The molecule has 0 aliphatic carbocycles. The van der Waals surface area contributed by atoms with Crippen molar-refractivity contribution in [3.63, 3.8) is 0 Å². The first-order chi connectivity index (χ1) is 8.26. The molecule has 88 valence electrons. The number of rotatable bonds is 4. The number of ketones is 1. The molecule has 0 bridgehead atoms. The number of methoxy groups -OCH3 is 1. The average molecular weight is 248 g/mol. The van der Waals surface area contributed by atoms with Gasteiger partial charge in [0.05, 0.1) is 12.7 Å². The molecule has 5 heteroatoms. The highest BCUT2D eigenvalue weighted by Gasteiger charge is 2.16. The average Bonchev–Trinajstić information content (AvgIpc) is 2.86. The second kappa shape index (κ2) is 5.07. The largest absolute Gasteiger partial charge is 0.496 e. The van der Waals surface area contributed by atoms with Crippen LogP contribution in [0, 0.1) is 0 Å². The van der Waals surface area contributed by atoms with Crippen molar-refractivity contribution in [1.82, 2.24) is 4.98 Å². The van der Waals surface area contributed by atoms with Crippen molar-refractivity contribution < 1.29 is 9.53 Å². The van der Waals surface area contributed by atoms with E-state index in [2.05, 4.69) is 4.98 Å². The molecule has 1 aromatic carbocycles. The van der Waals surface area contributed by atoms with Crippen molar-refractivity contribution in [3.05, 3.63) is 45.9 Å². The number of benzene rings is 1. The van der Waals surface area contributed by atoms with Gasteiger partial charge in [0.25, 0.3) is 0 Å². The quantitative estimate of drug-likeness (QED) is 0.838. The smallest absolute Gasteiger partial charge is 0.215 e. The highest BCUT2D eigenvalue weighted by atomic mass is 32.1. The monoisotopic (exact) mass is 248 g/mol. The summed E-state index contributed by atoms with van der Waals surface area (Å²) >= 11 is 1.39. The number of para-hydroxylation sites is 1. The number of hydrogen-bond donors (Lipinski definition) is 1. The number of thiazole rings is 1. The van der Waals surface area contributed by atoms with Gasteiger partial charge in [0.2, 0.25) is 5.78 Å². The van der Waals surface area contributed by atoms with Gasteiger partial charge < -0.3 is 10.5 Å². The fourth-order valence-electron chi connectivity index (χ4n) is 1.48. The van der Waals surface area contributed by atoms with Crippen LogP contribution >= 0.6 is 11.3 Å². The number of hydrogen-bond acceptors (Lipinski definition) is 5. The molecule has 0 spiro atoms. The van der Waals surface area contributed by atoms with Crippen LogP contribution in [0.15, 0.2) is 29.6 Å². The minimum Gasteiger partial charge on any atom is -0.496 e. The lowest BCUT2D eigenvalue weighted by atomic mass is 10.1. The molecule has 0 fully saturated rings. The Kier molecular flexibility index (Phi) is 3.51. The Morgan fingerprint density at radius 3 is 2.88 bits per heavy atom. The zero-order chi connectivity index (χ0) is 12.3. The summed E-state index contributed by atoms with van der Waals surface area (Å²) in [4.78, 5) is 16.3. The Hall–Kier alpha value is -1.72. The summed E-state index contributed by atoms with van der Waals surface area (Å²) in [6.07, 6.45) is 0. The van der Waals surface area contributed by atoms with Crippen LogP contribution < -0.4 is 10.5 Å². The minimum atomic E-state index is -0.140. The maximum atomic E-state index is 12.2. The molecule has 0 atom stereocenters. The van der Waals surface area contributed by atoms with Crippen molar-refractivity contribution in [1.29, 1.82) is 0 Å². The van der Waals surface area contributed by atoms with E-state index in [9.17, 15) is 4.79 Å². The van der Waals surface area contributed by atoms with E-state index in [1.54, 1.807) is 30.7 Å². The van der Waals surface area contributed by atoms with Crippen LogP contribution in [0.1, 0.15) is 21.1 Å². The zero-order valence-electron chi connectivity index (χ0n) is 9.34. The first-order valence-electron chi connectivity index (χ1n) is 5.08. The van der Waals surface area contributed by atoms with Gasteiger partial charge in [-0.05, 0) is 12.1 Å². The molecule has 2 rings (SSSR count). The molecule has 17 heavy (non-hydrogen) atoms. The normalized spacial score (nSPS) is 10.2. The number of aromatic nitrogens is 1. The first kappa shape index (κ1) is 11.8. The maximum Gasteiger partial charge on any atom is 0.215 e. The summed E-state index contributed by atoms with van der Waals surface area (Å²) in [6.45, 7) is 0.351. The molecule has 0 unspecified atom stereocenters. The van der Waals surface area contributed by atoms with E-state index in [1.165, 1.54) is 11.3 Å². The van der Waals surface area contributed by atoms with Gasteiger partial charge in [-0.3, -0.25) is 4.79 Å². The molecule has 0 aliphatic heterocycles. The first-order valence-corrected chi connectivity index (χ1v) is 5.96. The summed E-state index contributed by atoms with van der Waals surface area (Å²) in [5.41, 5.74) is 6.40. The van der Waals surface area contributed by atoms with Gasteiger partial charge >= 0.3 is 0 Å². The Morgan fingerprint density at radius 1 is 1.47 bits per heavy atom. The highest BCUT2D eigenvalue weighted by molar-refractivity contribution is 7.09. The predicted octanol–water partition coefficient (Wildman–Crippen LogP) is 1.84. The summed E-state index contributed by atoms with van der Waals surface area (Å²) in [7, 11) is 1.54. The molecule has 4 nitrogen and oxygen atoms in total. The van der Waals surface area contributed by atoms with E-state index >= 15 is 0 Å². The molecule has 0 amide bonds. The van der Waals surface area contributed by atoms with Crippen LogP contribution in [0.5, 0.6) is 5.75 Å². The van der Waals surface area contributed by atoms with Crippen molar-refractivity contribution in [2.45, 2.75) is 6.54 Å². The standard InChI is InChI=1S/C12H12N2O2S/c1-16-10-5-3-2-4-8(10)12(15)9-7-17-11(6-13)14-9/h2-5,7H,6,13H2,1H3. The molecule has 2 N–H and O–H groups in total. The van der Waals surface area contributed by atoms with Gasteiger partial charge in [-0.1, -0.05) is 12.1 Å². The number of nitrogens with two attached hydrogens (primary N) is 1. The third kappa shape index (κ3) is 2.35. The van der Waals surface area contributed by atoms with Crippen LogP contribution in [-0.4, -0.2) is 17.9 Å².